The van der Waals surface area contributed by atoms with Crippen LogP contribution in [0, 0.1) is 5.92 Å². The Bertz CT molecular complexity index is 573. The second kappa shape index (κ2) is 10.7. The molecule has 0 aromatic heterocycles. The van der Waals surface area contributed by atoms with E-state index in [1.54, 1.807) is 0 Å². The molecular formula is C22H36N4O. The van der Waals surface area contributed by atoms with Crippen LogP contribution in [0.1, 0.15) is 51.2 Å². The van der Waals surface area contributed by atoms with Gasteiger partial charge in [-0.3, -0.25) is 4.99 Å². The SMILES string of the molecule is CCNC(=NCC1CCN(C2CC2)C1)NCCCOC(C)c1ccccc1. The van der Waals surface area contributed by atoms with E-state index in [2.05, 4.69) is 53.6 Å². The van der Waals surface area contributed by atoms with E-state index in [9.17, 15) is 0 Å². The highest BCUT2D eigenvalue weighted by Crippen LogP contribution is 2.31. The summed E-state index contributed by atoms with van der Waals surface area (Å²) in [6, 6.07) is 11.3. The maximum Gasteiger partial charge on any atom is 0.191 e. The van der Waals surface area contributed by atoms with E-state index >= 15 is 0 Å². The van der Waals surface area contributed by atoms with Crippen molar-refractivity contribution in [2.45, 2.75) is 51.7 Å². The number of likely N-dealkylation sites (tertiary alicyclic amines) is 1. The fourth-order valence-corrected chi connectivity index (χ4v) is 3.70. The molecule has 2 N–H and O–H groups in total. The summed E-state index contributed by atoms with van der Waals surface area (Å²) in [4.78, 5) is 7.48. The highest BCUT2D eigenvalue weighted by Gasteiger charge is 2.34. The first-order chi connectivity index (χ1) is 13.3. The van der Waals surface area contributed by atoms with Gasteiger partial charge in [0.2, 0.25) is 0 Å². The molecule has 1 heterocycles. The van der Waals surface area contributed by atoms with Gasteiger partial charge >= 0.3 is 0 Å². The minimum atomic E-state index is 0.143. The number of hydrogen-bond donors (Lipinski definition) is 2. The van der Waals surface area contributed by atoms with Crippen molar-refractivity contribution in [3.05, 3.63) is 35.9 Å². The number of hydrogen-bond acceptors (Lipinski definition) is 3. The Morgan fingerprint density at radius 2 is 2.04 bits per heavy atom. The van der Waals surface area contributed by atoms with E-state index in [0.29, 0.717) is 0 Å². The highest BCUT2D eigenvalue weighted by molar-refractivity contribution is 5.79. The topological polar surface area (TPSA) is 48.9 Å². The molecule has 27 heavy (non-hydrogen) atoms. The van der Waals surface area contributed by atoms with Crippen LogP contribution in [-0.2, 0) is 4.74 Å². The molecule has 1 aromatic carbocycles. The third-order valence-electron chi connectivity index (χ3n) is 5.48. The number of aliphatic imine (C=N–C) groups is 1. The lowest BCUT2D eigenvalue weighted by Crippen LogP contribution is -2.38. The molecular weight excluding hydrogens is 336 g/mol. The van der Waals surface area contributed by atoms with Crippen LogP contribution in [0.5, 0.6) is 0 Å². The Balaban J connectivity index is 1.31. The van der Waals surface area contributed by atoms with Gasteiger partial charge < -0.3 is 20.3 Å². The molecule has 0 amide bonds. The van der Waals surface area contributed by atoms with Gasteiger partial charge in [0.05, 0.1) is 6.10 Å². The van der Waals surface area contributed by atoms with Crippen LogP contribution in [0.3, 0.4) is 0 Å². The van der Waals surface area contributed by atoms with E-state index in [0.717, 1.165) is 50.6 Å². The van der Waals surface area contributed by atoms with Crippen molar-refractivity contribution in [3.63, 3.8) is 0 Å². The third-order valence-corrected chi connectivity index (χ3v) is 5.48. The van der Waals surface area contributed by atoms with Crippen LogP contribution in [0.15, 0.2) is 35.3 Å². The van der Waals surface area contributed by atoms with Crippen LogP contribution in [0.4, 0.5) is 0 Å². The van der Waals surface area contributed by atoms with Crippen LogP contribution in [0.25, 0.3) is 0 Å². The van der Waals surface area contributed by atoms with Crippen molar-refractivity contribution in [1.82, 2.24) is 15.5 Å². The van der Waals surface area contributed by atoms with E-state index in [-0.39, 0.29) is 6.10 Å². The largest absolute Gasteiger partial charge is 0.374 e. The van der Waals surface area contributed by atoms with Gasteiger partial charge in [0.15, 0.2) is 5.96 Å². The van der Waals surface area contributed by atoms with Crippen LogP contribution in [0.2, 0.25) is 0 Å². The van der Waals surface area contributed by atoms with E-state index in [1.807, 2.05) is 6.07 Å². The fraction of sp³-hybridized carbons (Fsp3) is 0.682. The minimum absolute atomic E-state index is 0.143. The second-order valence-corrected chi connectivity index (χ2v) is 7.80. The standard InChI is InChI=1S/C22H36N4O/c1-3-23-22(25-16-19-12-14-26(17-19)21-10-11-21)24-13-7-15-27-18(2)20-8-5-4-6-9-20/h4-6,8-9,18-19,21H,3,7,10-17H2,1-2H3,(H2,23,24,25). The summed E-state index contributed by atoms with van der Waals surface area (Å²) in [5.41, 5.74) is 1.23. The van der Waals surface area contributed by atoms with Crippen LogP contribution in [-0.4, -0.2) is 56.2 Å². The Hall–Kier alpha value is -1.59. The zero-order valence-corrected chi connectivity index (χ0v) is 17.0. The molecule has 1 saturated heterocycles. The normalized spacial score (nSPS) is 22.0. The monoisotopic (exact) mass is 372 g/mol. The maximum absolute atomic E-state index is 5.95. The number of nitrogens with zero attached hydrogens (tertiary/aromatic N) is 2. The number of benzene rings is 1. The van der Waals surface area contributed by atoms with Crippen molar-refractivity contribution in [3.8, 4) is 0 Å². The molecule has 1 aliphatic heterocycles. The minimum Gasteiger partial charge on any atom is -0.374 e. The van der Waals surface area contributed by atoms with E-state index in [4.69, 9.17) is 9.73 Å². The van der Waals surface area contributed by atoms with Crippen molar-refractivity contribution in [2.75, 3.05) is 39.3 Å². The quantitative estimate of drug-likeness (QED) is 0.376. The molecule has 1 aromatic rings. The molecule has 150 valence electrons. The molecule has 0 radical (unpaired) electrons. The molecule has 0 spiro atoms. The van der Waals surface area contributed by atoms with Crippen molar-refractivity contribution >= 4 is 5.96 Å². The third kappa shape index (κ3) is 6.82. The summed E-state index contributed by atoms with van der Waals surface area (Å²) in [7, 11) is 0. The first-order valence-corrected chi connectivity index (χ1v) is 10.7. The van der Waals surface area contributed by atoms with Gasteiger partial charge in [-0.25, -0.2) is 0 Å². The zero-order valence-electron chi connectivity index (χ0n) is 17.0. The first-order valence-electron chi connectivity index (χ1n) is 10.7. The molecule has 2 unspecified atom stereocenters. The molecule has 2 aliphatic rings. The summed E-state index contributed by atoms with van der Waals surface area (Å²) < 4.78 is 5.95. The first kappa shape index (κ1) is 20.2. The molecule has 5 nitrogen and oxygen atoms in total. The highest BCUT2D eigenvalue weighted by atomic mass is 16.5. The Morgan fingerprint density at radius 1 is 1.22 bits per heavy atom. The number of rotatable bonds is 10. The van der Waals surface area contributed by atoms with Gasteiger partial charge in [0, 0.05) is 38.8 Å². The van der Waals surface area contributed by atoms with Crippen LogP contribution < -0.4 is 10.6 Å². The molecule has 2 atom stereocenters. The summed E-state index contributed by atoms with van der Waals surface area (Å²) in [5, 5.41) is 6.81. The lowest BCUT2D eigenvalue weighted by atomic mass is 10.1. The Morgan fingerprint density at radius 3 is 2.78 bits per heavy atom. The van der Waals surface area contributed by atoms with Gasteiger partial charge in [-0.1, -0.05) is 30.3 Å². The average molecular weight is 373 g/mol. The van der Waals surface area contributed by atoms with Gasteiger partial charge in [0.1, 0.15) is 0 Å². The number of ether oxygens (including phenoxy) is 1. The maximum atomic E-state index is 5.95. The molecule has 2 fully saturated rings. The van der Waals surface area contributed by atoms with Gasteiger partial charge in [-0.2, -0.15) is 0 Å². The average Bonchev–Trinajstić information content (AvgIpc) is 3.44. The summed E-state index contributed by atoms with van der Waals surface area (Å²) in [5.74, 6) is 1.66. The number of guanidine groups is 1. The second-order valence-electron chi connectivity index (χ2n) is 7.80. The Labute approximate surface area is 164 Å². The summed E-state index contributed by atoms with van der Waals surface area (Å²) >= 11 is 0. The zero-order chi connectivity index (χ0) is 18.9. The molecule has 0 bridgehead atoms. The Kier molecular flexibility index (Phi) is 7.96. The lowest BCUT2D eigenvalue weighted by molar-refractivity contribution is 0.0646. The molecule has 5 heteroatoms. The van der Waals surface area contributed by atoms with Crippen molar-refractivity contribution < 1.29 is 4.74 Å². The smallest absolute Gasteiger partial charge is 0.191 e. The van der Waals surface area contributed by atoms with Gasteiger partial charge in [-0.15, -0.1) is 0 Å². The van der Waals surface area contributed by atoms with Crippen molar-refractivity contribution in [2.24, 2.45) is 10.9 Å². The number of nitrogens with one attached hydrogen (secondary N) is 2. The van der Waals surface area contributed by atoms with Gasteiger partial charge in [0.25, 0.3) is 0 Å². The van der Waals surface area contributed by atoms with Crippen molar-refractivity contribution in [1.29, 1.82) is 0 Å². The van der Waals surface area contributed by atoms with Crippen LogP contribution >= 0.6 is 0 Å². The predicted octanol–water partition coefficient (Wildman–Crippen LogP) is 3.19. The lowest BCUT2D eigenvalue weighted by Gasteiger charge is -2.16. The predicted molar refractivity (Wildman–Crippen MR) is 112 cm³/mol. The summed E-state index contributed by atoms with van der Waals surface area (Å²) in [6.07, 6.45) is 5.23. The van der Waals surface area contributed by atoms with E-state index < -0.39 is 0 Å². The molecule has 3 rings (SSSR count). The summed E-state index contributed by atoms with van der Waals surface area (Å²) in [6.45, 7) is 10.2. The molecule has 1 saturated carbocycles. The van der Waals surface area contributed by atoms with E-state index in [1.165, 1.54) is 37.9 Å². The van der Waals surface area contributed by atoms with Gasteiger partial charge in [-0.05, 0) is 57.6 Å². The molecule has 1 aliphatic carbocycles. The fourth-order valence-electron chi connectivity index (χ4n) is 3.70.